The van der Waals surface area contributed by atoms with Crippen molar-refractivity contribution in [3.8, 4) is 0 Å². The van der Waals surface area contributed by atoms with Crippen molar-refractivity contribution in [2.24, 2.45) is 5.73 Å². The van der Waals surface area contributed by atoms with E-state index in [2.05, 4.69) is 5.73 Å². The van der Waals surface area contributed by atoms with Crippen LogP contribution in [0.25, 0.3) is 0 Å². The Kier molecular flexibility index (Phi) is 2.51. The van der Waals surface area contributed by atoms with Crippen LogP contribution in [-0.2, 0) is 10.7 Å². The first-order valence-corrected chi connectivity index (χ1v) is 3.80. The van der Waals surface area contributed by atoms with Crippen molar-refractivity contribution in [3.05, 3.63) is 35.1 Å². The lowest BCUT2D eigenvalue weighted by atomic mass is 10.1. The van der Waals surface area contributed by atoms with Crippen LogP contribution in [0, 0.1) is 12.7 Å². The van der Waals surface area contributed by atoms with Gasteiger partial charge in [-0.05, 0) is 24.6 Å². The van der Waals surface area contributed by atoms with Gasteiger partial charge in [0.25, 0.3) is 5.91 Å². The fourth-order valence-corrected chi connectivity index (χ4v) is 1.01. The number of rotatable bonds is 2. The molecule has 0 aliphatic rings. The molecule has 1 aromatic rings. The Bertz CT molecular complexity index is 376. The predicted octanol–water partition coefficient (Wildman–Crippen LogP) is 1.71. The van der Waals surface area contributed by atoms with Crippen LogP contribution in [0.2, 0.25) is 0 Å². The Labute approximate surface area is 78.5 Å². The second kappa shape index (κ2) is 3.32. The number of amides is 1. The first-order chi connectivity index (χ1) is 6.35. The normalized spacial score (nSPS) is 11.4. The minimum absolute atomic E-state index is 0.492. The molecule has 0 spiro atoms. The maximum absolute atomic E-state index is 13.0. The van der Waals surface area contributed by atoms with Gasteiger partial charge in [0.1, 0.15) is 5.82 Å². The molecular weight excluding hydrogens is 195 g/mol. The average molecular weight is 203 g/mol. The van der Waals surface area contributed by atoms with Crippen molar-refractivity contribution in [2.45, 2.75) is 12.8 Å². The number of benzene rings is 1. The highest BCUT2D eigenvalue weighted by Crippen LogP contribution is 2.29. The summed E-state index contributed by atoms with van der Waals surface area (Å²) in [6.45, 7) is 1.55. The molecule has 0 atom stereocenters. The van der Waals surface area contributed by atoms with E-state index in [0.717, 1.165) is 12.1 Å². The predicted molar refractivity (Wildman–Crippen MR) is 44.2 cm³/mol. The SMILES string of the molecule is Cc1ccc(C(F)(F)C(N)=O)c(F)c1. The Morgan fingerprint density at radius 3 is 2.43 bits per heavy atom. The second-order valence-electron chi connectivity index (χ2n) is 2.92. The molecule has 2 N–H and O–H groups in total. The van der Waals surface area contributed by atoms with E-state index in [9.17, 15) is 18.0 Å². The number of halogens is 3. The first-order valence-electron chi connectivity index (χ1n) is 3.80. The summed E-state index contributed by atoms with van der Waals surface area (Å²) < 4.78 is 38.9. The smallest absolute Gasteiger partial charge is 0.352 e. The molecule has 0 unspecified atom stereocenters. The third kappa shape index (κ3) is 1.71. The summed E-state index contributed by atoms with van der Waals surface area (Å²) in [6, 6.07) is 3.07. The van der Waals surface area contributed by atoms with Gasteiger partial charge in [-0.2, -0.15) is 8.78 Å². The Hall–Kier alpha value is -1.52. The molecule has 1 rings (SSSR count). The van der Waals surface area contributed by atoms with E-state index in [1.807, 2.05) is 0 Å². The maximum Gasteiger partial charge on any atom is 0.352 e. The molecule has 0 fully saturated rings. The number of carbonyl (C=O) groups is 1. The van der Waals surface area contributed by atoms with Crippen LogP contribution in [0.5, 0.6) is 0 Å². The summed E-state index contributed by atoms with van der Waals surface area (Å²) in [6.07, 6.45) is 0. The first kappa shape index (κ1) is 10.6. The quantitative estimate of drug-likeness (QED) is 0.781. The van der Waals surface area contributed by atoms with Crippen LogP contribution in [0.3, 0.4) is 0 Å². The van der Waals surface area contributed by atoms with Gasteiger partial charge in [0.05, 0.1) is 5.56 Å². The molecule has 0 saturated heterocycles. The summed E-state index contributed by atoms with van der Waals surface area (Å²) in [7, 11) is 0. The topological polar surface area (TPSA) is 43.1 Å². The number of hydrogen-bond acceptors (Lipinski definition) is 1. The molecule has 5 heteroatoms. The van der Waals surface area contributed by atoms with E-state index in [4.69, 9.17) is 0 Å². The van der Waals surface area contributed by atoms with Gasteiger partial charge in [-0.25, -0.2) is 4.39 Å². The van der Waals surface area contributed by atoms with Gasteiger partial charge in [0, 0.05) is 0 Å². The van der Waals surface area contributed by atoms with Gasteiger partial charge in [0.2, 0.25) is 0 Å². The summed E-state index contributed by atoms with van der Waals surface area (Å²) in [5, 5.41) is 0. The number of nitrogens with two attached hydrogens (primary N) is 1. The number of alkyl halides is 2. The Morgan fingerprint density at radius 1 is 1.43 bits per heavy atom. The molecule has 76 valence electrons. The van der Waals surface area contributed by atoms with Gasteiger partial charge in [-0.1, -0.05) is 6.07 Å². The van der Waals surface area contributed by atoms with E-state index in [1.165, 1.54) is 6.07 Å². The van der Waals surface area contributed by atoms with Crippen LogP contribution >= 0.6 is 0 Å². The average Bonchev–Trinajstić information content (AvgIpc) is 2.02. The zero-order valence-corrected chi connectivity index (χ0v) is 7.35. The Morgan fingerprint density at radius 2 is 2.00 bits per heavy atom. The van der Waals surface area contributed by atoms with Crippen LogP contribution in [-0.4, -0.2) is 5.91 Å². The summed E-state index contributed by atoms with van der Waals surface area (Å²) >= 11 is 0. The summed E-state index contributed by atoms with van der Waals surface area (Å²) in [4.78, 5) is 10.4. The van der Waals surface area contributed by atoms with Gasteiger partial charge in [-0.3, -0.25) is 4.79 Å². The van der Waals surface area contributed by atoms with Gasteiger partial charge in [0.15, 0.2) is 0 Å². The van der Waals surface area contributed by atoms with Crippen molar-refractivity contribution in [2.75, 3.05) is 0 Å². The third-order valence-electron chi connectivity index (χ3n) is 1.77. The van der Waals surface area contributed by atoms with Crippen molar-refractivity contribution >= 4 is 5.91 Å². The standard InChI is InChI=1S/C9H8F3NO/c1-5-2-3-6(7(10)4-5)9(11,12)8(13)14/h2-4H,1H3,(H2,13,14). The number of primary amides is 1. The maximum atomic E-state index is 13.0. The monoisotopic (exact) mass is 203 g/mol. The highest BCUT2D eigenvalue weighted by atomic mass is 19.3. The van der Waals surface area contributed by atoms with Gasteiger partial charge < -0.3 is 5.73 Å². The van der Waals surface area contributed by atoms with Crippen LogP contribution < -0.4 is 5.73 Å². The van der Waals surface area contributed by atoms with E-state index in [-0.39, 0.29) is 0 Å². The molecule has 0 radical (unpaired) electrons. The zero-order valence-electron chi connectivity index (χ0n) is 7.35. The summed E-state index contributed by atoms with van der Waals surface area (Å²) in [5.41, 5.74) is 3.96. The van der Waals surface area contributed by atoms with E-state index >= 15 is 0 Å². The molecule has 0 bridgehead atoms. The highest BCUT2D eigenvalue weighted by molar-refractivity contribution is 5.83. The van der Waals surface area contributed by atoms with Crippen LogP contribution in [0.4, 0.5) is 13.2 Å². The highest BCUT2D eigenvalue weighted by Gasteiger charge is 2.41. The third-order valence-corrected chi connectivity index (χ3v) is 1.77. The Balaban J connectivity index is 3.26. The molecular formula is C9H8F3NO. The second-order valence-corrected chi connectivity index (χ2v) is 2.92. The lowest BCUT2D eigenvalue weighted by molar-refractivity contribution is -0.143. The molecule has 0 aromatic heterocycles. The van der Waals surface area contributed by atoms with Crippen LogP contribution in [0.1, 0.15) is 11.1 Å². The molecule has 2 nitrogen and oxygen atoms in total. The fourth-order valence-electron chi connectivity index (χ4n) is 1.01. The van der Waals surface area contributed by atoms with E-state index in [0.29, 0.717) is 5.56 Å². The van der Waals surface area contributed by atoms with Gasteiger partial charge >= 0.3 is 5.92 Å². The van der Waals surface area contributed by atoms with Crippen molar-refractivity contribution < 1.29 is 18.0 Å². The van der Waals surface area contributed by atoms with E-state index < -0.39 is 23.2 Å². The number of hydrogen-bond donors (Lipinski definition) is 1. The molecule has 0 aliphatic carbocycles. The number of carbonyl (C=O) groups excluding carboxylic acids is 1. The summed E-state index contributed by atoms with van der Waals surface area (Å²) in [5.74, 6) is -6.95. The molecule has 0 saturated carbocycles. The molecule has 14 heavy (non-hydrogen) atoms. The molecule has 1 aromatic carbocycles. The zero-order chi connectivity index (χ0) is 10.9. The van der Waals surface area contributed by atoms with Crippen molar-refractivity contribution in [1.82, 2.24) is 0 Å². The fraction of sp³-hybridized carbons (Fsp3) is 0.222. The molecule has 0 heterocycles. The van der Waals surface area contributed by atoms with E-state index in [1.54, 1.807) is 6.92 Å². The van der Waals surface area contributed by atoms with Crippen molar-refractivity contribution in [3.63, 3.8) is 0 Å². The largest absolute Gasteiger partial charge is 0.364 e. The lowest BCUT2D eigenvalue weighted by Gasteiger charge is -2.13. The van der Waals surface area contributed by atoms with Crippen molar-refractivity contribution in [1.29, 1.82) is 0 Å². The van der Waals surface area contributed by atoms with Crippen LogP contribution in [0.15, 0.2) is 18.2 Å². The minimum atomic E-state index is -3.96. The minimum Gasteiger partial charge on any atom is -0.364 e. The lowest BCUT2D eigenvalue weighted by Crippen LogP contribution is -2.33. The van der Waals surface area contributed by atoms with Gasteiger partial charge in [-0.15, -0.1) is 0 Å². The molecule has 1 amide bonds. The molecule has 0 aliphatic heterocycles. The number of aryl methyl sites for hydroxylation is 1.